The van der Waals surface area contributed by atoms with Crippen LogP contribution in [-0.2, 0) is 11.3 Å². The fourth-order valence-corrected chi connectivity index (χ4v) is 2.64. The van der Waals surface area contributed by atoms with Crippen LogP contribution in [0.3, 0.4) is 0 Å². The van der Waals surface area contributed by atoms with E-state index >= 15 is 0 Å². The zero-order chi connectivity index (χ0) is 10.5. The van der Waals surface area contributed by atoms with Crippen LogP contribution in [0.15, 0.2) is 12.3 Å². The number of hydrogen-bond donors (Lipinski definition) is 0. The summed E-state index contributed by atoms with van der Waals surface area (Å²) in [5.41, 5.74) is 0. The molecule has 2 heterocycles. The summed E-state index contributed by atoms with van der Waals surface area (Å²) in [7, 11) is 0. The summed E-state index contributed by atoms with van der Waals surface area (Å²) in [6, 6.07) is 2.15. The molecular formula is C10H17IN3O-. The SMILES string of the molecule is C[I-]c1ccn(CCN2CCOCC2)n1. The molecule has 0 saturated carbocycles. The Hall–Kier alpha value is -0.140. The molecule has 5 heteroatoms. The number of morpholine rings is 1. The maximum atomic E-state index is 5.31. The third-order valence-corrected chi connectivity index (χ3v) is 4.23. The van der Waals surface area contributed by atoms with Crippen LogP contribution >= 0.6 is 0 Å². The molecule has 1 fully saturated rings. The first-order valence-electron chi connectivity index (χ1n) is 5.21. The van der Waals surface area contributed by atoms with E-state index in [2.05, 4.69) is 31.9 Å². The van der Waals surface area contributed by atoms with Gasteiger partial charge < -0.3 is 0 Å². The van der Waals surface area contributed by atoms with Crippen LogP contribution in [0.25, 0.3) is 0 Å². The minimum absolute atomic E-state index is 0.138. The third kappa shape index (κ3) is 3.42. The molecule has 0 bridgehead atoms. The Morgan fingerprint density at radius 2 is 2.20 bits per heavy atom. The Bertz CT molecular complexity index is 297. The van der Waals surface area contributed by atoms with Crippen molar-refractivity contribution >= 4 is 0 Å². The Morgan fingerprint density at radius 3 is 2.87 bits per heavy atom. The first kappa shape index (κ1) is 11.3. The average molecular weight is 322 g/mol. The molecule has 0 spiro atoms. The number of halogens is 1. The van der Waals surface area contributed by atoms with Crippen LogP contribution < -0.4 is 21.2 Å². The Balaban J connectivity index is 1.76. The topological polar surface area (TPSA) is 30.3 Å². The van der Waals surface area contributed by atoms with Crippen molar-refractivity contribution in [3.63, 3.8) is 0 Å². The van der Waals surface area contributed by atoms with E-state index in [4.69, 9.17) is 4.74 Å². The Morgan fingerprint density at radius 1 is 1.40 bits per heavy atom. The van der Waals surface area contributed by atoms with Gasteiger partial charge in [-0.3, -0.25) is 0 Å². The van der Waals surface area contributed by atoms with Gasteiger partial charge in [-0.05, 0) is 0 Å². The van der Waals surface area contributed by atoms with Gasteiger partial charge in [0.15, 0.2) is 0 Å². The van der Waals surface area contributed by atoms with E-state index < -0.39 is 0 Å². The van der Waals surface area contributed by atoms with E-state index in [1.54, 1.807) is 0 Å². The van der Waals surface area contributed by atoms with Gasteiger partial charge in [-0.1, -0.05) is 0 Å². The second kappa shape index (κ2) is 5.81. The van der Waals surface area contributed by atoms with Gasteiger partial charge in [-0.2, -0.15) is 0 Å². The van der Waals surface area contributed by atoms with Crippen LogP contribution in [0, 0.1) is 3.70 Å². The van der Waals surface area contributed by atoms with Gasteiger partial charge in [0.05, 0.1) is 0 Å². The summed E-state index contributed by atoms with van der Waals surface area (Å²) in [4.78, 5) is 4.68. The van der Waals surface area contributed by atoms with E-state index in [0.29, 0.717) is 0 Å². The van der Waals surface area contributed by atoms with E-state index in [0.717, 1.165) is 39.4 Å². The van der Waals surface area contributed by atoms with Gasteiger partial charge in [-0.15, -0.1) is 0 Å². The second-order valence-electron chi connectivity index (χ2n) is 3.54. The molecule has 0 aromatic carbocycles. The number of alkyl halides is 1. The van der Waals surface area contributed by atoms with Gasteiger partial charge in [0, 0.05) is 0 Å². The molecule has 0 aliphatic carbocycles. The summed E-state index contributed by atoms with van der Waals surface area (Å²) < 4.78 is 8.66. The van der Waals surface area contributed by atoms with Crippen molar-refractivity contribution in [1.82, 2.24) is 14.7 Å². The first-order valence-corrected chi connectivity index (χ1v) is 8.45. The molecule has 1 saturated heterocycles. The molecule has 0 unspecified atom stereocenters. The maximum absolute atomic E-state index is 5.31. The molecule has 0 amide bonds. The summed E-state index contributed by atoms with van der Waals surface area (Å²) in [6.07, 6.45) is 2.10. The molecule has 0 N–H and O–H groups in total. The Kier molecular flexibility index (Phi) is 4.40. The molecule has 2 rings (SSSR count). The van der Waals surface area contributed by atoms with Crippen molar-refractivity contribution in [2.75, 3.05) is 37.8 Å². The normalized spacial score (nSPS) is 18.5. The van der Waals surface area contributed by atoms with E-state index in [9.17, 15) is 0 Å². The molecule has 1 aliphatic rings. The Labute approximate surface area is 101 Å². The quantitative estimate of drug-likeness (QED) is 0.440. The molecule has 1 aromatic heterocycles. The minimum atomic E-state index is 0.138. The van der Waals surface area contributed by atoms with Crippen molar-refractivity contribution < 1.29 is 25.9 Å². The number of rotatable bonds is 4. The van der Waals surface area contributed by atoms with Crippen LogP contribution in [0.2, 0.25) is 0 Å². The van der Waals surface area contributed by atoms with Crippen molar-refractivity contribution in [3.8, 4) is 0 Å². The zero-order valence-electron chi connectivity index (χ0n) is 9.03. The van der Waals surface area contributed by atoms with E-state index in [1.165, 1.54) is 3.70 Å². The van der Waals surface area contributed by atoms with Gasteiger partial charge >= 0.3 is 101 Å². The molecular weight excluding hydrogens is 305 g/mol. The standard InChI is InChI=1S/C10H17IN3O/c1-11-10-2-3-14(12-10)5-4-13-6-8-15-9-7-13/h2-3H,4-9H2,1H3/q-1. The number of aromatic nitrogens is 2. The molecule has 0 radical (unpaired) electrons. The van der Waals surface area contributed by atoms with Crippen LogP contribution in [0.4, 0.5) is 0 Å². The summed E-state index contributed by atoms with van der Waals surface area (Å²) in [5, 5.41) is 4.52. The summed E-state index contributed by atoms with van der Waals surface area (Å²) in [5.74, 6) is 0. The predicted molar refractivity (Wildman–Crippen MR) is 54.1 cm³/mol. The van der Waals surface area contributed by atoms with Crippen LogP contribution in [0.5, 0.6) is 0 Å². The van der Waals surface area contributed by atoms with Crippen LogP contribution in [-0.4, -0.2) is 52.5 Å². The van der Waals surface area contributed by atoms with Crippen molar-refractivity contribution in [3.05, 3.63) is 16.0 Å². The monoisotopic (exact) mass is 322 g/mol. The number of ether oxygens (including phenoxy) is 1. The predicted octanol–water partition coefficient (Wildman–Crippen LogP) is -2.90. The van der Waals surface area contributed by atoms with E-state index in [1.807, 2.05) is 0 Å². The van der Waals surface area contributed by atoms with Crippen molar-refractivity contribution in [1.29, 1.82) is 0 Å². The van der Waals surface area contributed by atoms with Crippen LogP contribution in [0.1, 0.15) is 0 Å². The summed E-state index contributed by atoms with van der Waals surface area (Å²) in [6.45, 7) is 5.98. The molecule has 1 aromatic rings. The van der Waals surface area contributed by atoms with E-state index in [-0.39, 0.29) is 21.2 Å². The summed E-state index contributed by atoms with van der Waals surface area (Å²) >= 11 is 0.138. The molecule has 1 aliphatic heterocycles. The fourth-order valence-electron chi connectivity index (χ4n) is 1.63. The fraction of sp³-hybridized carbons (Fsp3) is 0.700. The van der Waals surface area contributed by atoms with Crippen molar-refractivity contribution in [2.24, 2.45) is 0 Å². The van der Waals surface area contributed by atoms with Gasteiger partial charge in [-0.25, -0.2) is 0 Å². The third-order valence-electron chi connectivity index (χ3n) is 2.55. The average Bonchev–Trinajstić information content (AvgIpc) is 2.76. The molecule has 86 valence electrons. The first-order chi connectivity index (χ1) is 7.38. The molecule has 15 heavy (non-hydrogen) atoms. The van der Waals surface area contributed by atoms with Gasteiger partial charge in [0.25, 0.3) is 0 Å². The van der Waals surface area contributed by atoms with Crippen molar-refractivity contribution in [2.45, 2.75) is 6.54 Å². The number of hydrogen-bond acceptors (Lipinski definition) is 3. The van der Waals surface area contributed by atoms with Gasteiger partial charge in [0.1, 0.15) is 0 Å². The van der Waals surface area contributed by atoms with Gasteiger partial charge in [0.2, 0.25) is 0 Å². The zero-order valence-corrected chi connectivity index (χ0v) is 11.2. The molecule has 4 nitrogen and oxygen atoms in total. The number of nitrogens with zero attached hydrogens (tertiary/aromatic N) is 3. The second-order valence-corrected chi connectivity index (χ2v) is 5.73. The molecule has 0 atom stereocenters.